The molecule has 4 rings (SSSR count). The van der Waals surface area contributed by atoms with E-state index in [1.807, 2.05) is 32.0 Å². The van der Waals surface area contributed by atoms with Crippen LogP contribution < -0.4 is 16.0 Å². The molecule has 0 saturated heterocycles. The van der Waals surface area contributed by atoms with Gasteiger partial charge in [-0.15, -0.1) is 0 Å². The van der Waals surface area contributed by atoms with Crippen LogP contribution in [0.5, 0.6) is 0 Å². The molecule has 0 bridgehead atoms. The van der Waals surface area contributed by atoms with Gasteiger partial charge in [-0.2, -0.15) is 0 Å². The van der Waals surface area contributed by atoms with Crippen molar-refractivity contribution >= 4 is 40.8 Å². The zero-order chi connectivity index (χ0) is 25.8. The number of ether oxygens (including phenoxy) is 1. The standard InChI is InChI=1S/C28H28ClN3O4/c1-17-6-3-4-7-21(17)27(34)31-20-10-11-22(18(2)14-20)28(35)32-13-5-8-25(36-26(33)16-30)23-15-19(29)9-12-24(23)32/h3-4,6-7,9-12,14-15,25H,5,8,13,16,30H2,1-2H3,(H,31,34). The lowest BCUT2D eigenvalue weighted by Crippen LogP contribution is -2.32. The topological polar surface area (TPSA) is 102 Å². The first-order valence-corrected chi connectivity index (χ1v) is 12.1. The molecule has 1 unspecified atom stereocenters. The lowest BCUT2D eigenvalue weighted by Gasteiger charge is -2.25. The summed E-state index contributed by atoms with van der Waals surface area (Å²) in [6.45, 7) is 3.95. The van der Waals surface area contributed by atoms with E-state index in [2.05, 4.69) is 5.32 Å². The molecule has 8 heteroatoms. The van der Waals surface area contributed by atoms with Gasteiger partial charge in [-0.3, -0.25) is 14.4 Å². The van der Waals surface area contributed by atoms with Gasteiger partial charge < -0.3 is 20.7 Å². The number of nitrogens with zero attached hydrogens (tertiary/aromatic N) is 1. The summed E-state index contributed by atoms with van der Waals surface area (Å²) in [5.41, 5.74) is 10.1. The summed E-state index contributed by atoms with van der Waals surface area (Å²) in [6.07, 6.45) is 0.642. The van der Waals surface area contributed by atoms with Crippen molar-refractivity contribution in [3.8, 4) is 0 Å². The quantitative estimate of drug-likeness (QED) is 0.464. The Morgan fingerprint density at radius 1 is 1.03 bits per heavy atom. The van der Waals surface area contributed by atoms with E-state index >= 15 is 0 Å². The number of carbonyl (C=O) groups is 3. The average molecular weight is 506 g/mol. The minimum absolute atomic E-state index is 0.182. The van der Waals surface area contributed by atoms with Crippen molar-refractivity contribution in [3.05, 3.63) is 93.5 Å². The molecule has 36 heavy (non-hydrogen) atoms. The molecule has 1 heterocycles. The lowest BCUT2D eigenvalue weighted by atomic mass is 10.0. The van der Waals surface area contributed by atoms with Gasteiger partial charge >= 0.3 is 5.97 Å². The van der Waals surface area contributed by atoms with E-state index in [0.29, 0.717) is 52.5 Å². The van der Waals surface area contributed by atoms with Crippen LogP contribution in [0.15, 0.2) is 60.7 Å². The number of anilines is 2. The van der Waals surface area contributed by atoms with Crippen molar-refractivity contribution in [2.45, 2.75) is 32.8 Å². The van der Waals surface area contributed by atoms with E-state index in [0.717, 1.165) is 11.1 Å². The second kappa shape index (κ2) is 10.9. The number of rotatable bonds is 5. The number of aryl methyl sites for hydroxylation is 2. The van der Waals surface area contributed by atoms with Gasteiger partial charge in [0.2, 0.25) is 0 Å². The van der Waals surface area contributed by atoms with Crippen LogP contribution in [0, 0.1) is 13.8 Å². The summed E-state index contributed by atoms with van der Waals surface area (Å²) in [5.74, 6) is -0.897. The number of halogens is 1. The van der Waals surface area contributed by atoms with Gasteiger partial charge in [0, 0.05) is 33.9 Å². The van der Waals surface area contributed by atoms with Crippen LogP contribution in [0.25, 0.3) is 0 Å². The molecule has 7 nitrogen and oxygen atoms in total. The molecular formula is C28H28ClN3O4. The fraction of sp³-hybridized carbons (Fsp3) is 0.250. The molecule has 1 aliphatic heterocycles. The molecule has 2 amide bonds. The summed E-state index contributed by atoms with van der Waals surface area (Å²) >= 11 is 6.25. The van der Waals surface area contributed by atoms with Crippen LogP contribution in [-0.4, -0.2) is 30.9 Å². The number of esters is 1. The Morgan fingerprint density at radius 2 is 1.81 bits per heavy atom. The average Bonchev–Trinajstić information content (AvgIpc) is 3.03. The van der Waals surface area contributed by atoms with Gasteiger partial charge in [-0.05, 0) is 80.3 Å². The Labute approximate surface area is 215 Å². The van der Waals surface area contributed by atoms with E-state index in [4.69, 9.17) is 22.1 Å². The number of nitrogens with two attached hydrogens (primary N) is 1. The maximum atomic E-state index is 13.7. The number of benzene rings is 3. The molecule has 3 aromatic rings. The third-order valence-electron chi connectivity index (χ3n) is 6.27. The van der Waals surface area contributed by atoms with Gasteiger partial charge in [0.15, 0.2) is 0 Å². The van der Waals surface area contributed by atoms with Crippen molar-refractivity contribution < 1.29 is 19.1 Å². The predicted octanol–water partition coefficient (Wildman–Crippen LogP) is 5.19. The first-order valence-electron chi connectivity index (χ1n) is 11.8. The first kappa shape index (κ1) is 25.4. The van der Waals surface area contributed by atoms with Crippen LogP contribution in [0.1, 0.15) is 56.4 Å². The van der Waals surface area contributed by atoms with Crippen molar-refractivity contribution in [1.29, 1.82) is 0 Å². The van der Waals surface area contributed by atoms with E-state index in [-0.39, 0.29) is 18.4 Å². The van der Waals surface area contributed by atoms with Gasteiger partial charge in [-0.25, -0.2) is 0 Å². The Morgan fingerprint density at radius 3 is 2.53 bits per heavy atom. The number of fused-ring (bicyclic) bond motifs is 1. The van der Waals surface area contributed by atoms with Crippen molar-refractivity contribution in [1.82, 2.24) is 0 Å². The monoisotopic (exact) mass is 505 g/mol. The molecule has 0 saturated carbocycles. The molecule has 3 N–H and O–H groups in total. The molecule has 0 spiro atoms. The first-order chi connectivity index (χ1) is 17.3. The Bertz CT molecular complexity index is 1320. The van der Waals surface area contributed by atoms with Crippen LogP contribution in [0.2, 0.25) is 5.02 Å². The van der Waals surface area contributed by atoms with Gasteiger partial charge in [0.1, 0.15) is 6.10 Å². The van der Waals surface area contributed by atoms with Gasteiger partial charge in [-0.1, -0.05) is 29.8 Å². The molecule has 0 aliphatic carbocycles. The zero-order valence-corrected chi connectivity index (χ0v) is 21.0. The normalized spacial score (nSPS) is 15.0. The Balaban J connectivity index is 1.60. The largest absolute Gasteiger partial charge is 0.456 e. The van der Waals surface area contributed by atoms with Crippen LogP contribution in [0.3, 0.4) is 0 Å². The second-order valence-corrected chi connectivity index (χ2v) is 9.22. The van der Waals surface area contributed by atoms with E-state index in [1.54, 1.807) is 47.4 Å². The zero-order valence-electron chi connectivity index (χ0n) is 20.2. The van der Waals surface area contributed by atoms with Crippen molar-refractivity contribution in [2.24, 2.45) is 5.73 Å². The summed E-state index contributed by atoms with van der Waals surface area (Å²) in [4.78, 5) is 40.0. The highest BCUT2D eigenvalue weighted by molar-refractivity contribution is 6.30. The van der Waals surface area contributed by atoms with E-state index < -0.39 is 12.1 Å². The van der Waals surface area contributed by atoms with E-state index in [1.165, 1.54) is 0 Å². The predicted molar refractivity (Wildman–Crippen MR) is 141 cm³/mol. The Hall–Kier alpha value is -3.68. The minimum Gasteiger partial charge on any atom is -0.456 e. The summed E-state index contributed by atoms with van der Waals surface area (Å²) in [6, 6.07) is 17.8. The molecule has 1 atom stereocenters. The molecule has 1 aliphatic rings. The molecule has 3 aromatic carbocycles. The smallest absolute Gasteiger partial charge is 0.320 e. The van der Waals surface area contributed by atoms with Crippen molar-refractivity contribution in [3.63, 3.8) is 0 Å². The second-order valence-electron chi connectivity index (χ2n) is 8.78. The number of nitrogens with one attached hydrogen (secondary N) is 1. The van der Waals surface area contributed by atoms with Gasteiger partial charge in [0.05, 0.1) is 12.2 Å². The fourth-order valence-electron chi connectivity index (χ4n) is 4.43. The highest BCUT2D eigenvalue weighted by atomic mass is 35.5. The molecule has 0 radical (unpaired) electrons. The minimum atomic E-state index is -0.535. The number of amides is 2. The fourth-order valence-corrected chi connectivity index (χ4v) is 4.61. The van der Waals surface area contributed by atoms with Crippen molar-refractivity contribution in [2.75, 3.05) is 23.3 Å². The highest BCUT2D eigenvalue weighted by Gasteiger charge is 2.30. The maximum Gasteiger partial charge on any atom is 0.320 e. The van der Waals surface area contributed by atoms with Crippen LogP contribution in [0.4, 0.5) is 11.4 Å². The molecule has 186 valence electrons. The summed E-state index contributed by atoms with van der Waals surface area (Å²) < 4.78 is 5.56. The van der Waals surface area contributed by atoms with E-state index in [9.17, 15) is 14.4 Å². The molecular weight excluding hydrogens is 478 g/mol. The lowest BCUT2D eigenvalue weighted by molar-refractivity contribution is -0.148. The Kier molecular flexibility index (Phi) is 7.72. The summed E-state index contributed by atoms with van der Waals surface area (Å²) in [5, 5.41) is 3.40. The molecule has 0 aromatic heterocycles. The SMILES string of the molecule is Cc1ccccc1C(=O)Nc1ccc(C(=O)N2CCCC(OC(=O)CN)c3cc(Cl)ccc32)c(C)c1. The van der Waals surface area contributed by atoms with Crippen LogP contribution >= 0.6 is 11.6 Å². The van der Waals surface area contributed by atoms with Gasteiger partial charge in [0.25, 0.3) is 11.8 Å². The number of hydrogen-bond acceptors (Lipinski definition) is 5. The third kappa shape index (κ3) is 5.42. The third-order valence-corrected chi connectivity index (χ3v) is 6.50. The van der Waals surface area contributed by atoms with Crippen LogP contribution in [-0.2, 0) is 9.53 Å². The molecule has 0 fully saturated rings. The number of hydrogen-bond donors (Lipinski definition) is 2. The maximum absolute atomic E-state index is 13.7. The number of carbonyl (C=O) groups excluding carboxylic acids is 3. The summed E-state index contributed by atoms with van der Waals surface area (Å²) in [7, 11) is 0. The highest BCUT2D eigenvalue weighted by Crippen LogP contribution is 2.38.